The fourth-order valence-corrected chi connectivity index (χ4v) is 0.837. The maximum absolute atomic E-state index is 7.06. The van der Waals surface area contributed by atoms with Crippen LogP contribution in [0.4, 0.5) is 11.4 Å². The molecule has 64 valence electrons. The van der Waals surface area contributed by atoms with E-state index in [1.165, 1.54) is 0 Å². The van der Waals surface area contributed by atoms with Crippen LogP contribution >= 0.6 is 0 Å². The van der Waals surface area contributed by atoms with Crippen LogP contribution < -0.4 is 22.3 Å². The van der Waals surface area contributed by atoms with Crippen LogP contribution in [0.1, 0.15) is 0 Å². The molecule has 0 aliphatic heterocycles. The van der Waals surface area contributed by atoms with Crippen molar-refractivity contribution >= 4 is 17.3 Å². The van der Waals surface area contributed by atoms with Gasteiger partial charge < -0.3 is 11.5 Å². The third-order valence-electron chi connectivity index (χ3n) is 1.46. The zero-order chi connectivity index (χ0) is 9.14. The second-order valence-corrected chi connectivity index (χ2v) is 2.31. The third kappa shape index (κ3) is 1.46. The third-order valence-corrected chi connectivity index (χ3v) is 1.46. The number of guanidine groups is 1. The molecule has 12 heavy (non-hydrogen) atoms. The van der Waals surface area contributed by atoms with Crippen molar-refractivity contribution in [3.05, 3.63) is 24.3 Å². The molecular weight excluding hydrogens is 154 g/mol. The Labute approximate surface area is 70.2 Å². The van der Waals surface area contributed by atoms with Gasteiger partial charge in [-0.15, -0.1) is 0 Å². The molecule has 1 aromatic carbocycles. The predicted octanol–water partition coefficient (Wildman–Crippen LogP) is -0.158. The monoisotopic (exact) mass is 165 g/mol. The minimum atomic E-state index is -0.243. The Morgan fingerprint density at radius 2 is 1.92 bits per heavy atom. The Hall–Kier alpha value is -1.75. The van der Waals surface area contributed by atoms with Gasteiger partial charge in [0.1, 0.15) is 0 Å². The standard InChI is InChI=1S/C7H11N5/c8-5-3-1-2-4-6(5)12(11)7(9)10/h1-4H,8,11H2,(H3,9,10). The van der Waals surface area contributed by atoms with Gasteiger partial charge >= 0.3 is 0 Å². The molecule has 5 nitrogen and oxygen atoms in total. The van der Waals surface area contributed by atoms with E-state index in [0.29, 0.717) is 11.4 Å². The van der Waals surface area contributed by atoms with Crippen molar-refractivity contribution in [1.29, 1.82) is 5.41 Å². The van der Waals surface area contributed by atoms with Crippen LogP contribution in [0.2, 0.25) is 0 Å². The highest BCUT2D eigenvalue weighted by Gasteiger charge is 2.06. The van der Waals surface area contributed by atoms with Crippen molar-refractivity contribution in [3.8, 4) is 0 Å². The zero-order valence-electron chi connectivity index (χ0n) is 6.49. The highest BCUT2D eigenvalue weighted by Crippen LogP contribution is 2.18. The van der Waals surface area contributed by atoms with Crippen LogP contribution in [-0.2, 0) is 0 Å². The van der Waals surface area contributed by atoms with Gasteiger partial charge in [-0.05, 0) is 12.1 Å². The van der Waals surface area contributed by atoms with Crippen LogP contribution in [0, 0.1) is 5.41 Å². The minimum Gasteiger partial charge on any atom is -0.397 e. The van der Waals surface area contributed by atoms with E-state index in [-0.39, 0.29) is 5.96 Å². The first-order valence-corrected chi connectivity index (χ1v) is 3.36. The first-order chi connectivity index (χ1) is 5.63. The molecule has 0 amide bonds. The van der Waals surface area contributed by atoms with Crippen molar-refractivity contribution in [2.75, 3.05) is 10.7 Å². The number of nitrogens with zero attached hydrogens (tertiary/aromatic N) is 1. The van der Waals surface area contributed by atoms with Crippen LogP contribution in [-0.4, -0.2) is 5.96 Å². The fourth-order valence-electron chi connectivity index (χ4n) is 0.837. The number of hydrazine groups is 1. The van der Waals surface area contributed by atoms with Gasteiger partial charge in [0.15, 0.2) is 0 Å². The number of benzene rings is 1. The molecule has 0 bridgehead atoms. The molecular formula is C7H11N5. The zero-order valence-corrected chi connectivity index (χ0v) is 6.49. The fraction of sp³-hybridized carbons (Fsp3) is 0. The molecule has 5 heteroatoms. The lowest BCUT2D eigenvalue weighted by Crippen LogP contribution is -2.42. The van der Waals surface area contributed by atoms with Gasteiger partial charge in [0.05, 0.1) is 11.4 Å². The summed E-state index contributed by atoms with van der Waals surface area (Å²) in [4.78, 5) is 0. The molecule has 1 rings (SSSR count). The summed E-state index contributed by atoms with van der Waals surface area (Å²) in [6.07, 6.45) is 0. The van der Waals surface area contributed by atoms with Crippen molar-refractivity contribution in [2.24, 2.45) is 11.6 Å². The largest absolute Gasteiger partial charge is 0.397 e. The Kier molecular flexibility index (Phi) is 2.16. The maximum Gasteiger partial charge on any atom is 0.207 e. The van der Waals surface area contributed by atoms with Gasteiger partial charge in [0.2, 0.25) is 5.96 Å². The normalized spacial score (nSPS) is 9.42. The smallest absolute Gasteiger partial charge is 0.207 e. The maximum atomic E-state index is 7.06. The Morgan fingerprint density at radius 1 is 1.33 bits per heavy atom. The molecule has 0 atom stereocenters. The lowest BCUT2D eigenvalue weighted by Gasteiger charge is -2.17. The molecule has 0 fully saturated rings. The van der Waals surface area contributed by atoms with E-state index in [1.807, 2.05) is 0 Å². The second-order valence-electron chi connectivity index (χ2n) is 2.31. The Balaban J connectivity index is 3.02. The van der Waals surface area contributed by atoms with Gasteiger partial charge in [-0.3, -0.25) is 5.41 Å². The number of rotatable bonds is 1. The highest BCUT2D eigenvalue weighted by atomic mass is 15.5. The van der Waals surface area contributed by atoms with E-state index in [9.17, 15) is 0 Å². The molecule has 0 heterocycles. The van der Waals surface area contributed by atoms with Gasteiger partial charge in [0, 0.05) is 0 Å². The summed E-state index contributed by atoms with van der Waals surface area (Å²) in [5.41, 5.74) is 11.8. The molecule has 7 N–H and O–H groups in total. The van der Waals surface area contributed by atoms with Crippen molar-refractivity contribution in [3.63, 3.8) is 0 Å². The molecule has 0 saturated carbocycles. The number of hydrogen-bond donors (Lipinski definition) is 4. The van der Waals surface area contributed by atoms with Crippen molar-refractivity contribution < 1.29 is 0 Å². The van der Waals surface area contributed by atoms with E-state index in [0.717, 1.165) is 5.01 Å². The summed E-state index contributed by atoms with van der Waals surface area (Å²) in [7, 11) is 0. The second kappa shape index (κ2) is 3.10. The topological polar surface area (TPSA) is 105 Å². The number of nitrogen functional groups attached to an aromatic ring is 1. The molecule has 0 unspecified atom stereocenters. The van der Waals surface area contributed by atoms with E-state index in [1.54, 1.807) is 24.3 Å². The van der Waals surface area contributed by atoms with Gasteiger partial charge in [-0.25, -0.2) is 10.9 Å². The lowest BCUT2D eigenvalue weighted by atomic mass is 10.2. The van der Waals surface area contributed by atoms with E-state index >= 15 is 0 Å². The molecule has 1 aromatic rings. The van der Waals surface area contributed by atoms with E-state index < -0.39 is 0 Å². The van der Waals surface area contributed by atoms with E-state index in [4.69, 9.17) is 22.7 Å². The molecule has 0 saturated heterocycles. The first kappa shape index (κ1) is 8.35. The summed E-state index contributed by atoms with van der Waals surface area (Å²) < 4.78 is 0. The first-order valence-electron chi connectivity index (χ1n) is 3.36. The Morgan fingerprint density at radius 3 is 2.42 bits per heavy atom. The van der Waals surface area contributed by atoms with E-state index in [2.05, 4.69) is 0 Å². The lowest BCUT2D eigenvalue weighted by molar-refractivity contribution is 1.09. The predicted molar refractivity (Wildman–Crippen MR) is 49.4 cm³/mol. The van der Waals surface area contributed by atoms with Crippen LogP contribution in [0.5, 0.6) is 0 Å². The molecule has 0 radical (unpaired) electrons. The quantitative estimate of drug-likeness (QED) is 0.152. The summed E-state index contributed by atoms with van der Waals surface area (Å²) >= 11 is 0. The summed E-state index contributed by atoms with van der Waals surface area (Å²) in [5, 5.41) is 8.08. The highest BCUT2D eigenvalue weighted by molar-refractivity contribution is 5.94. The minimum absolute atomic E-state index is 0.243. The molecule has 0 aliphatic rings. The SMILES string of the molecule is N=C(N)N(N)c1ccccc1N. The summed E-state index contributed by atoms with van der Waals surface area (Å²) in [6, 6.07) is 6.94. The number of nitrogens with two attached hydrogens (primary N) is 3. The Bertz CT molecular complexity index is 296. The van der Waals surface area contributed by atoms with Crippen molar-refractivity contribution in [2.45, 2.75) is 0 Å². The van der Waals surface area contributed by atoms with Crippen LogP contribution in [0.3, 0.4) is 0 Å². The van der Waals surface area contributed by atoms with Gasteiger partial charge in [-0.1, -0.05) is 12.1 Å². The summed E-state index contributed by atoms with van der Waals surface area (Å²) in [6.45, 7) is 0. The number of anilines is 2. The van der Waals surface area contributed by atoms with Gasteiger partial charge in [0.25, 0.3) is 0 Å². The van der Waals surface area contributed by atoms with Crippen LogP contribution in [0.15, 0.2) is 24.3 Å². The average molecular weight is 165 g/mol. The van der Waals surface area contributed by atoms with Crippen molar-refractivity contribution in [1.82, 2.24) is 0 Å². The average Bonchev–Trinajstić information content (AvgIpc) is 2.04. The number of hydrogen-bond acceptors (Lipinski definition) is 3. The summed E-state index contributed by atoms with van der Waals surface area (Å²) in [5.74, 6) is 5.20. The number of para-hydroxylation sites is 2. The molecule has 0 aliphatic carbocycles. The van der Waals surface area contributed by atoms with Gasteiger partial charge in [-0.2, -0.15) is 0 Å². The molecule has 0 aromatic heterocycles. The molecule has 0 spiro atoms. The van der Waals surface area contributed by atoms with Crippen LogP contribution in [0.25, 0.3) is 0 Å². The number of nitrogens with one attached hydrogen (secondary N) is 1.